The van der Waals surface area contributed by atoms with Crippen molar-refractivity contribution >= 4 is 51.7 Å². The number of thiophene rings is 1. The van der Waals surface area contributed by atoms with Crippen molar-refractivity contribution < 1.29 is 14.3 Å². The summed E-state index contributed by atoms with van der Waals surface area (Å²) in [7, 11) is 0. The first-order valence-electron chi connectivity index (χ1n) is 12.0. The molecule has 0 aliphatic heterocycles. The van der Waals surface area contributed by atoms with Gasteiger partial charge in [-0.1, -0.05) is 48.0 Å². The largest absolute Gasteiger partial charge is 0.462 e. The fraction of sp³-hybridized carbons (Fsp3) is 0.200. The Labute approximate surface area is 230 Å². The molecule has 0 atom stereocenters. The summed E-state index contributed by atoms with van der Waals surface area (Å²) in [5.74, 6) is -0.953. The highest BCUT2D eigenvalue weighted by Crippen LogP contribution is 2.32. The number of allylic oxidation sites excluding steroid dienone is 1. The number of esters is 1. The number of nitrogens with zero attached hydrogens (tertiary/aromatic N) is 3. The molecule has 0 unspecified atom stereocenters. The number of carbonyl (C=O) groups excluding carboxylic acids is 2. The van der Waals surface area contributed by atoms with Crippen molar-refractivity contribution in [3.8, 4) is 12.1 Å². The lowest BCUT2D eigenvalue weighted by Gasteiger charge is -2.10. The molecular weight excluding hydrogens is 518 g/mol. The van der Waals surface area contributed by atoms with Crippen LogP contribution < -0.4 is 0 Å². The van der Waals surface area contributed by atoms with Crippen molar-refractivity contribution in [1.29, 1.82) is 10.5 Å². The lowest BCUT2D eigenvalue weighted by Crippen LogP contribution is -2.06. The van der Waals surface area contributed by atoms with Gasteiger partial charge in [0, 0.05) is 45.0 Å². The maximum atomic E-state index is 13.3. The molecule has 0 bridgehead atoms. The van der Waals surface area contributed by atoms with E-state index >= 15 is 0 Å². The molecule has 0 saturated carbocycles. The molecule has 190 valence electrons. The topological polar surface area (TPSA) is 95.9 Å². The van der Waals surface area contributed by atoms with E-state index in [1.807, 2.05) is 61.5 Å². The number of ether oxygens (including phenoxy) is 1. The summed E-state index contributed by atoms with van der Waals surface area (Å²) >= 11 is 7.48. The summed E-state index contributed by atoms with van der Waals surface area (Å²) in [5, 5.41) is 21.2. The van der Waals surface area contributed by atoms with Crippen molar-refractivity contribution in [2.45, 2.75) is 33.7 Å². The molecule has 0 amide bonds. The first-order chi connectivity index (χ1) is 18.3. The number of Topliss-reactive ketones (excluding diaryl/α,β-unsaturated/α-hetero) is 1. The van der Waals surface area contributed by atoms with Crippen molar-refractivity contribution in [2.75, 3.05) is 6.61 Å². The van der Waals surface area contributed by atoms with Crippen molar-refractivity contribution in [1.82, 2.24) is 4.57 Å². The predicted molar refractivity (Wildman–Crippen MR) is 149 cm³/mol. The number of halogens is 1. The molecule has 4 aromatic rings. The van der Waals surface area contributed by atoms with E-state index in [1.54, 1.807) is 19.9 Å². The Kier molecular flexibility index (Phi) is 8.12. The lowest BCUT2D eigenvalue weighted by atomic mass is 10.0. The van der Waals surface area contributed by atoms with E-state index in [-0.39, 0.29) is 24.2 Å². The standard InChI is InChI=1S/C30H24ClN3O3S/c1-4-37-30(36)29-18(2)24(16-33)28(38-29)14-27(35)21(15-32)13-23-19(3)34(26-12-8-6-10-22(23)26)17-20-9-5-7-11-25(20)31/h5-13H,4,14,17H2,1-3H3/b21-13+. The molecule has 0 fully saturated rings. The van der Waals surface area contributed by atoms with E-state index in [0.717, 1.165) is 39.1 Å². The van der Waals surface area contributed by atoms with Crippen LogP contribution in [0.4, 0.5) is 0 Å². The van der Waals surface area contributed by atoms with E-state index in [0.29, 0.717) is 26.9 Å². The number of ketones is 1. The zero-order valence-corrected chi connectivity index (χ0v) is 22.7. The fourth-order valence-electron chi connectivity index (χ4n) is 4.44. The number of nitriles is 2. The Morgan fingerprint density at radius 2 is 1.82 bits per heavy atom. The summed E-state index contributed by atoms with van der Waals surface area (Å²) in [4.78, 5) is 26.3. The lowest BCUT2D eigenvalue weighted by molar-refractivity contribution is -0.114. The highest BCUT2D eigenvalue weighted by molar-refractivity contribution is 7.14. The molecule has 4 rings (SSSR count). The first-order valence-corrected chi connectivity index (χ1v) is 13.2. The number of aromatic nitrogens is 1. The third-order valence-electron chi connectivity index (χ3n) is 6.39. The summed E-state index contributed by atoms with van der Waals surface area (Å²) in [5.41, 5.74) is 4.31. The third kappa shape index (κ3) is 5.13. The number of fused-ring (bicyclic) bond motifs is 1. The minimum Gasteiger partial charge on any atom is -0.462 e. The molecule has 0 N–H and O–H groups in total. The highest BCUT2D eigenvalue weighted by Gasteiger charge is 2.24. The van der Waals surface area contributed by atoms with Crippen LogP contribution in [0.1, 0.15) is 49.4 Å². The number of para-hydroxylation sites is 1. The van der Waals surface area contributed by atoms with Gasteiger partial charge in [0.1, 0.15) is 17.0 Å². The molecule has 2 heterocycles. The van der Waals surface area contributed by atoms with Crippen molar-refractivity contribution in [2.24, 2.45) is 0 Å². The molecule has 8 heteroatoms. The van der Waals surface area contributed by atoms with Gasteiger partial charge in [-0.05, 0) is 50.1 Å². The average molecular weight is 542 g/mol. The Balaban J connectivity index is 1.73. The molecule has 0 saturated heterocycles. The quantitative estimate of drug-likeness (QED) is 0.139. The van der Waals surface area contributed by atoms with Gasteiger partial charge in [-0.25, -0.2) is 4.79 Å². The van der Waals surface area contributed by atoms with Crippen LogP contribution in [0, 0.1) is 36.5 Å². The Morgan fingerprint density at radius 1 is 1.11 bits per heavy atom. The second-order valence-electron chi connectivity index (χ2n) is 8.65. The van der Waals surface area contributed by atoms with Crippen LogP contribution >= 0.6 is 22.9 Å². The minimum absolute atomic E-state index is 0.0265. The van der Waals surface area contributed by atoms with Crippen molar-refractivity contribution in [3.63, 3.8) is 0 Å². The molecule has 0 radical (unpaired) electrons. The normalized spacial score (nSPS) is 11.3. The Bertz CT molecular complexity index is 1680. The van der Waals surface area contributed by atoms with Gasteiger partial charge >= 0.3 is 5.97 Å². The summed E-state index contributed by atoms with van der Waals surface area (Å²) in [6, 6.07) is 19.6. The predicted octanol–water partition coefficient (Wildman–Crippen LogP) is 6.79. The van der Waals surface area contributed by atoms with Gasteiger partial charge in [0.25, 0.3) is 0 Å². The van der Waals surface area contributed by atoms with E-state index in [2.05, 4.69) is 10.6 Å². The van der Waals surface area contributed by atoms with Gasteiger partial charge < -0.3 is 9.30 Å². The Morgan fingerprint density at radius 3 is 2.50 bits per heavy atom. The second kappa shape index (κ2) is 11.5. The molecule has 2 aromatic carbocycles. The van der Waals surface area contributed by atoms with Gasteiger partial charge in [-0.15, -0.1) is 11.3 Å². The molecule has 0 aliphatic rings. The number of rotatable bonds is 8. The molecule has 0 spiro atoms. The van der Waals surface area contributed by atoms with Crippen LogP contribution in [0.2, 0.25) is 5.02 Å². The zero-order valence-electron chi connectivity index (χ0n) is 21.2. The number of benzene rings is 2. The van der Waals surface area contributed by atoms with Gasteiger partial charge in [0.2, 0.25) is 0 Å². The SMILES string of the molecule is CCOC(=O)c1sc(CC(=O)/C(C#N)=C/c2c(C)n(Cc3ccccc3Cl)c3ccccc23)c(C#N)c1C. The van der Waals surface area contributed by atoms with E-state index in [4.69, 9.17) is 16.3 Å². The zero-order chi connectivity index (χ0) is 27.4. The molecular formula is C30H24ClN3O3S. The number of hydrogen-bond donors (Lipinski definition) is 0. The van der Waals surface area contributed by atoms with Crippen LogP contribution in [0.25, 0.3) is 17.0 Å². The van der Waals surface area contributed by atoms with Crippen LogP contribution in [0.3, 0.4) is 0 Å². The van der Waals surface area contributed by atoms with E-state index in [9.17, 15) is 20.1 Å². The fourth-order valence-corrected chi connectivity index (χ4v) is 5.78. The maximum Gasteiger partial charge on any atom is 0.348 e. The maximum absolute atomic E-state index is 13.3. The first kappa shape index (κ1) is 26.9. The highest BCUT2D eigenvalue weighted by atomic mass is 35.5. The molecule has 38 heavy (non-hydrogen) atoms. The molecule has 2 aromatic heterocycles. The Hall–Kier alpha value is -4.17. The van der Waals surface area contributed by atoms with Crippen LogP contribution in [0.5, 0.6) is 0 Å². The number of hydrogen-bond acceptors (Lipinski definition) is 6. The molecule has 6 nitrogen and oxygen atoms in total. The van der Waals surface area contributed by atoms with Gasteiger partial charge in [0.15, 0.2) is 5.78 Å². The summed E-state index contributed by atoms with van der Waals surface area (Å²) < 4.78 is 7.20. The van der Waals surface area contributed by atoms with Gasteiger partial charge in [-0.3, -0.25) is 4.79 Å². The molecule has 0 aliphatic carbocycles. The average Bonchev–Trinajstić information content (AvgIpc) is 3.36. The van der Waals surface area contributed by atoms with Gasteiger partial charge in [-0.2, -0.15) is 10.5 Å². The van der Waals surface area contributed by atoms with E-state index in [1.165, 1.54) is 0 Å². The van der Waals surface area contributed by atoms with Crippen LogP contribution in [-0.4, -0.2) is 22.9 Å². The van der Waals surface area contributed by atoms with Gasteiger partial charge in [0.05, 0.1) is 17.7 Å². The minimum atomic E-state index is -0.525. The monoisotopic (exact) mass is 541 g/mol. The summed E-state index contributed by atoms with van der Waals surface area (Å²) in [6.45, 7) is 6.05. The van der Waals surface area contributed by atoms with E-state index < -0.39 is 11.8 Å². The van der Waals surface area contributed by atoms with Crippen molar-refractivity contribution in [3.05, 3.63) is 96.8 Å². The van der Waals surface area contributed by atoms with Crippen LogP contribution in [0.15, 0.2) is 54.1 Å². The number of carbonyl (C=O) groups is 2. The van der Waals surface area contributed by atoms with Crippen LogP contribution in [-0.2, 0) is 22.5 Å². The smallest absolute Gasteiger partial charge is 0.348 e. The second-order valence-corrected chi connectivity index (χ2v) is 10.2. The third-order valence-corrected chi connectivity index (χ3v) is 8.03. The summed E-state index contributed by atoms with van der Waals surface area (Å²) in [6.07, 6.45) is 1.45.